The molecule has 0 fully saturated rings. The SMILES string of the molecule is CCCCC(CNc1ccc(F)cc1)NS(=O)(=O)c1cc(OC)c(Br)cc1Br. The number of methoxy groups -OCH3 is 1. The van der Waals surface area contributed by atoms with E-state index in [0.717, 1.165) is 18.5 Å². The maximum absolute atomic E-state index is 13.1. The third-order valence-electron chi connectivity index (χ3n) is 4.12. The van der Waals surface area contributed by atoms with Crippen LogP contribution in [0.25, 0.3) is 0 Å². The molecular weight excluding hydrogens is 515 g/mol. The van der Waals surface area contributed by atoms with Gasteiger partial charge in [0.15, 0.2) is 0 Å². The maximum atomic E-state index is 13.1. The fourth-order valence-corrected chi connectivity index (χ4v) is 5.76. The Morgan fingerprint density at radius 3 is 2.43 bits per heavy atom. The van der Waals surface area contributed by atoms with Crippen LogP contribution in [-0.2, 0) is 10.0 Å². The molecule has 0 saturated heterocycles. The van der Waals surface area contributed by atoms with E-state index in [1.165, 1.54) is 25.3 Å². The second kappa shape index (κ2) is 10.6. The summed E-state index contributed by atoms with van der Waals surface area (Å²) in [6.07, 6.45) is 2.50. The number of anilines is 1. The number of unbranched alkanes of at least 4 members (excludes halogenated alkanes) is 1. The van der Waals surface area contributed by atoms with Crippen molar-refractivity contribution in [3.63, 3.8) is 0 Å². The summed E-state index contributed by atoms with van der Waals surface area (Å²) in [5, 5.41) is 3.16. The summed E-state index contributed by atoms with van der Waals surface area (Å²) in [6, 6.07) is 8.76. The molecule has 1 atom stereocenters. The summed E-state index contributed by atoms with van der Waals surface area (Å²) in [4.78, 5) is 0.107. The first-order valence-electron chi connectivity index (χ1n) is 8.81. The summed E-state index contributed by atoms with van der Waals surface area (Å²) >= 11 is 6.66. The molecule has 28 heavy (non-hydrogen) atoms. The van der Waals surface area contributed by atoms with Crippen LogP contribution in [0.15, 0.2) is 50.2 Å². The van der Waals surface area contributed by atoms with Crippen molar-refractivity contribution in [2.24, 2.45) is 0 Å². The van der Waals surface area contributed by atoms with Gasteiger partial charge in [0.05, 0.1) is 16.5 Å². The number of nitrogens with one attached hydrogen (secondary N) is 2. The van der Waals surface area contributed by atoms with E-state index in [1.54, 1.807) is 18.2 Å². The number of rotatable bonds is 10. The van der Waals surface area contributed by atoms with Crippen LogP contribution >= 0.6 is 31.9 Å². The van der Waals surface area contributed by atoms with E-state index in [2.05, 4.69) is 48.8 Å². The van der Waals surface area contributed by atoms with Gasteiger partial charge in [0.25, 0.3) is 0 Å². The highest BCUT2D eigenvalue weighted by molar-refractivity contribution is 9.11. The summed E-state index contributed by atoms with van der Waals surface area (Å²) < 4.78 is 48.1. The van der Waals surface area contributed by atoms with Gasteiger partial charge in [0.1, 0.15) is 11.6 Å². The average Bonchev–Trinajstić information content (AvgIpc) is 2.65. The Morgan fingerprint density at radius 2 is 1.82 bits per heavy atom. The quantitative estimate of drug-likeness (QED) is 0.431. The highest BCUT2D eigenvalue weighted by atomic mass is 79.9. The van der Waals surface area contributed by atoms with Gasteiger partial charge in [-0.05, 0) is 68.6 Å². The molecule has 5 nitrogen and oxygen atoms in total. The summed E-state index contributed by atoms with van der Waals surface area (Å²) in [7, 11) is -2.30. The van der Waals surface area contributed by atoms with Crippen molar-refractivity contribution in [2.45, 2.75) is 37.1 Å². The smallest absolute Gasteiger partial charge is 0.242 e. The minimum Gasteiger partial charge on any atom is -0.496 e. The van der Waals surface area contributed by atoms with Crippen molar-refractivity contribution in [3.05, 3.63) is 51.2 Å². The van der Waals surface area contributed by atoms with Crippen molar-refractivity contribution in [1.82, 2.24) is 4.72 Å². The normalized spacial score (nSPS) is 12.6. The molecule has 0 amide bonds. The van der Waals surface area contributed by atoms with Crippen molar-refractivity contribution in [3.8, 4) is 5.75 Å². The van der Waals surface area contributed by atoms with Crippen LogP contribution < -0.4 is 14.8 Å². The van der Waals surface area contributed by atoms with E-state index in [4.69, 9.17) is 4.74 Å². The molecule has 1 unspecified atom stereocenters. The van der Waals surface area contributed by atoms with Gasteiger partial charge < -0.3 is 10.1 Å². The summed E-state index contributed by atoms with van der Waals surface area (Å²) in [6.45, 7) is 2.44. The van der Waals surface area contributed by atoms with Gasteiger partial charge in [-0.1, -0.05) is 19.8 Å². The Hall–Kier alpha value is -1.16. The molecule has 154 valence electrons. The molecule has 2 N–H and O–H groups in total. The zero-order chi connectivity index (χ0) is 20.7. The van der Waals surface area contributed by atoms with E-state index in [9.17, 15) is 12.8 Å². The van der Waals surface area contributed by atoms with E-state index in [-0.39, 0.29) is 16.8 Å². The molecule has 0 heterocycles. The Labute approximate surface area is 182 Å². The van der Waals surface area contributed by atoms with Crippen molar-refractivity contribution in [2.75, 3.05) is 19.0 Å². The molecule has 2 aromatic rings. The molecule has 0 aromatic heterocycles. The minimum absolute atomic E-state index is 0.107. The number of ether oxygens (including phenoxy) is 1. The monoisotopic (exact) mass is 536 g/mol. The molecule has 0 aliphatic rings. The standard InChI is InChI=1S/C19H23Br2FN2O3S/c1-3-4-5-15(12-23-14-8-6-13(22)7-9-14)24-28(25,26)19-11-18(27-2)16(20)10-17(19)21/h6-11,15,23-24H,3-5,12H2,1-2H3. The topological polar surface area (TPSA) is 67.4 Å². The van der Waals surface area contributed by atoms with Crippen LogP contribution in [0.3, 0.4) is 0 Å². The molecule has 0 radical (unpaired) electrons. The molecule has 0 bridgehead atoms. The Morgan fingerprint density at radius 1 is 1.14 bits per heavy atom. The number of hydrogen-bond donors (Lipinski definition) is 2. The van der Waals surface area contributed by atoms with Gasteiger partial charge in [-0.25, -0.2) is 17.5 Å². The second-order valence-electron chi connectivity index (χ2n) is 6.27. The lowest BCUT2D eigenvalue weighted by Gasteiger charge is -2.21. The van der Waals surface area contributed by atoms with E-state index in [0.29, 0.717) is 27.7 Å². The van der Waals surface area contributed by atoms with E-state index < -0.39 is 10.0 Å². The van der Waals surface area contributed by atoms with Crippen LogP contribution in [0.4, 0.5) is 10.1 Å². The highest BCUT2D eigenvalue weighted by Crippen LogP contribution is 2.34. The van der Waals surface area contributed by atoms with E-state index in [1.807, 2.05) is 0 Å². The molecule has 9 heteroatoms. The first kappa shape index (κ1) is 23.1. The van der Waals surface area contributed by atoms with Crippen LogP contribution in [0, 0.1) is 5.82 Å². The first-order valence-corrected chi connectivity index (χ1v) is 11.9. The van der Waals surface area contributed by atoms with Gasteiger partial charge in [-0.3, -0.25) is 0 Å². The maximum Gasteiger partial charge on any atom is 0.242 e. The highest BCUT2D eigenvalue weighted by Gasteiger charge is 2.24. The van der Waals surface area contributed by atoms with Crippen molar-refractivity contribution in [1.29, 1.82) is 0 Å². The number of hydrogen-bond acceptors (Lipinski definition) is 4. The fourth-order valence-electron chi connectivity index (χ4n) is 2.62. The van der Waals surface area contributed by atoms with Crippen molar-refractivity contribution >= 4 is 47.6 Å². The third-order valence-corrected chi connectivity index (χ3v) is 7.22. The van der Waals surface area contributed by atoms with Gasteiger partial charge in [-0.2, -0.15) is 0 Å². The molecule has 2 rings (SSSR count). The molecule has 2 aromatic carbocycles. The predicted molar refractivity (Wildman–Crippen MR) is 117 cm³/mol. The Kier molecular flexibility index (Phi) is 8.73. The van der Waals surface area contributed by atoms with Crippen LogP contribution in [0.1, 0.15) is 26.2 Å². The lowest BCUT2D eigenvalue weighted by molar-refractivity contribution is 0.410. The number of sulfonamides is 1. The van der Waals surface area contributed by atoms with Gasteiger partial charge in [-0.15, -0.1) is 0 Å². The molecule has 0 aliphatic heterocycles. The summed E-state index contributed by atoms with van der Waals surface area (Å²) in [5.41, 5.74) is 0.730. The zero-order valence-electron chi connectivity index (χ0n) is 15.6. The van der Waals surface area contributed by atoms with Gasteiger partial charge in [0, 0.05) is 28.8 Å². The average molecular weight is 538 g/mol. The Balaban J connectivity index is 2.18. The molecule has 0 spiro atoms. The second-order valence-corrected chi connectivity index (χ2v) is 9.66. The lowest BCUT2D eigenvalue weighted by atomic mass is 10.1. The van der Waals surface area contributed by atoms with Crippen molar-refractivity contribution < 1.29 is 17.5 Å². The Bertz CT molecular complexity index is 893. The molecular formula is C19H23Br2FN2O3S. The first-order chi connectivity index (χ1) is 13.3. The lowest BCUT2D eigenvalue weighted by Crippen LogP contribution is -2.39. The third kappa shape index (κ3) is 6.43. The zero-order valence-corrected chi connectivity index (χ0v) is 19.6. The van der Waals surface area contributed by atoms with E-state index >= 15 is 0 Å². The molecule has 0 saturated carbocycles. The van der Waals surface area contributed by atoms with Crippen LogP contribution in [-0.4, -0.2) is 28.1 Å². The molecule has 0 aliphatic carbocycles. The number of halogens is 3. The van der Waals surface area contributed by atoms with Crippen LogP contribution in [0.2, 0.25) is 0 Å². The summed E-state index contributed by atoms with van der Waals surface area (Å²) in [5.74, 6) is 0.112. The van der Waals surface area contributed by atoms with Gasteiger partial charge in [0.2, 0.25) is 10.0 Å². The fraction of sp³-hybridized carbons (Fsp3) is 0.368. The predicted octanol–water partition coefficient (Wildman–Crippen LogP) is 5.31. The van der Waals surface area contributed by atoms with Gasteiger partial charge >= 0.3 is 0 Å². The largest absolute Gasteiger partial charge is 0.496 e. The number of benzene rings is 2. The van der Waals surface area contributed by atoms with Crippen LogP contribution in [0.5, 0.6) is 5.75 Å². The minimum atomic E-state index is -3.78.